The number of hydrogen-bond acceptors (Lipinski definition) is 4. The second-order valence-corrected chi connectivity index (χ2v) is 3.01. The molecule has 0 amide bonds. The topological polar surface area (TPSA) is 86.2 Å². The van der Waals surface area contributed by atoms with Gasteiger partial charge in [0.1, 0.15) is 6.29 Å². The van der Waals surface area contributed by atoms with Crippen molar-refractivity contribution in [3.05, 3.63) is 29.8 Å². The number of rotatable bonds is 4. The molecular formula is C10H12N2O2. The highest BCUT2D eigenvalue weighted by atomic mass is 16.1. The van der Waals surface area contributed by atoms with Crippen molar-refractivity contribution < 1.29 is 9.59 Å². The average molecular weight is 192 g/mol. The fourth-order valence-electron chi connectivity index (χ4n) is 1.12. The van der Waals surface area contributed by atoms with E-state index in [-0.39, 0.29) is 12.2 Å². The molecule has 1 unspecified atom stereocenters. The SMILES string of the molecule is Nc1ccccc1C(=O)CC(N)C=O. The Balaban J connectivity index is 2.80. The Morgan fingerprint density at radius 3 is 2.64 bits per heavy atom. The van der Waals surface area contributed by atoms with E-state index in [9.17, 15) is 9.59 Å². The van der Waals surface area contributed by atoms with Gasteiger partial charge in [0, 0.05) is 17.7 Å². The lowest BCUT2D eigenvalue weighted by Gasteiger charge is -2.05. The molecule has 0 heterocycles. The summed E-state index contributed by atoms with van der Waals surface area (Å²) in [5, 5.41) is 0. The maximum absolute atomic E-state index is 11.5. The molecule has 1 rings (SSSR count). The number of anilines is 1. The average Bonchev–Trinajstić information content (AvgIpc) is 2.18. The third-order valence-electron chi connectivity index (χ3n) is 1.86. The van der Waals surface area contributed by atoms with E-state index in [4.69, 9.17) is 11.5 Å². The first-order valence-electron chi connectivity index (χ1n) is 4.23. The molecular weight excluding hydrogens is 180 g/mol. The lowest BCUT2D eigenvalue weighted by molar-refractivity contribution is -0.108. The molecule has 0 aromatic heterocycles. The highest BCUT2D eigenvalue weighted by Crippen LogP contribution is 2.13. The van der Waals surface area contributed by atoms with Gasteiger partial charge in [-0.3, -0.25) is 4.79 Å². The van der Waals surface area contributed by atoms with E-state index < -0.39 is 6.04 Å². The van der Waals surface area contributed by atoms with Crippen LogP contribution < -0.4 is 11.5 Å². The minimum Gasteiger partial charge on any atom is -0.398 e. The van der Waals surface area contributed by atoms with Crippen molar-refractivity contribution in [3.63, 3.8) is 0 Å². The number of benzene rings is 1. The van der Waals surface area contributed by atoms with Gasteiger partial charge in [0.2, 0.25) is 0 Å². The van der Waals surface area contributed by atoms with Crippen molar-refractivity contribution in [2.45, 2.75) is 12.5 Å². The molecule has 74 valence electrons. The van der Waals surface area contributed by atoms with E-state index in [0.29, 0.717) is 17.5 Å². The number of ketones is 1. The molecule has 4 nitrogen and oxygen atoms in total. The quantitative estimate of drug-likeness (QED) is 0.410. The summed E-state index contributed by atoms with van der Waals surface area (Å²) in [7, 11) is 0. The summed E-state index contributed by atoms with van der Waals surface area (Å²) in [5.74, 6) is -0.206. The van der Waals surface area contributed by atoms with Crippen LogP contribution in [0.2, 0.25) is 0 Å². The van der Waals surface area contributed by atoms with Crippen LogP contribution in [0.3, 0.4) is 0 Å². The molecule has 0 aliphatic rings. The van der Waals surface area contributed by atoms with Crippen LogP contribution in [0.5, 0.6) is 0 Å². The first-order valence-corrected chi connectivity index (χ1v) is 4.23. The standard InChI is InChI=1S/C10H12N2O2/c11-7(6-13)5-10(14)8-3-1-2-4-9(8)12/h1-4,6-7H,5,11-12H2. The molecule has 0 bridgehead atoms. The Kier molecular flexibility index (Phi) is 3.36. The molecule has 0 saturated carbocycles. The fraction of sp³-hybridized carbons (Fsp3) is 0.200. The van der Waals surface area contributed by atoms with Gasteiger partial charge >= 0.3 is 0 Å². The van der Waals surface area contributed by atoms with E-state index in [2.05, 4.69) is 0 Å². The van der Waals surface area contributed by atoms with Crippen molar-refractivity contribution in [3.8, 4) is 0 Å². The van der Waals surface area contributed by atoms with Crippen LogP contribution in [0.4, 0.5) is 5.69 Å². The molecule has 0 spiro atoms. The summed E-state index contributed by atoms with van der Waals surface area (Å²) in [6, 6.07) is 5.97. The van der Waals surface area contributed by atoms with E-state index in [1.54, 1.807) is 24.3 Å². The minimum atomic E-state index is -0.748. The smallest absolute Gasteiger partial charge is 0.166 e. The van der Waals surface area contributed by atoms with Gasteiger partial charge in [-0.1, -0.05) is 12.1 Å². The van der Waals surface area contributed by atoms with Crippen molar-refractivity contribution in [1.82, 2.24) is 0 Å². The van der Waals surface area contributed by atoms with Gasteiger partial charge in [0.25, 0.3) is 0 Å². The van der Waals surface area contributed by atoms with E-state index in [1.165, 1.54) is 0 Å². The maximum Gasteiger partial charge on any atom is 0.166 e. The molecule has 0 aliphatic carbocycles. The van der Waals surface area contributed by atoms with Crippen molar-refractivity contribution in [2.24, 2.45) is 5.73 Å². The Labute approximate surface area is 81.9 Å². The number of Topliss-reactive ketones (excluding diaryl/α,β-unsaturated/α-hetero) is 1. The largest absolute Gasteiger partial charge is 0.398 e. The van der Waals surface area contributed by atoms with E-state index >= 15 is 0 Å². The van der Waals surface area contributed by atoms with Crippen LogP contribution in [-0.4, -0.2) is 18.1 Å². The third-order valence-corrected chi connectivity index (χ3v) is 1.86. The van der Waals surface area contributed by atoms with Crippen LogP contribution in [0.15, 0.2) is 24.3 Å². The second kappa shape index (κ2) is 4.53. The zero-order chi connectivity index (χ0) is 10.6. The molecule has 14 heavy (non-hydrogen) atoms. The fourth-order valence-corrected chi connectivity index (χ4v) is 1.12. The highest BCUT2D eigenvalue weighted by molar-refractivity contribution is 6.01. The summed E-state index contributed by atoms with van der Waals surface area (Å²) in [4.78, 5) is 21.8. The van der Waals surface area contributed by atoms with Crippen LogP contribution in [0, 0.1) is 0 Å². The lowest BCUT2D eigenvalue weighted by Crippen LogP contribution is -2.25. The molecule has 0 fully saturated rings. The number of carbonyl (C=O) groups is 2. The lowest BCUT2D eigenvalue weighted by atomic mass is 10.0. The van der Waals surface area contributed by atoms with E-state index in [0.717, 1.165) is 0 Å². The van der Waals surface area contributed by atoms with Crippen molar-refractivity contribution in [2.75, 3.05) is 5.73 Å². The number of nitrogen functional groups attached to an aromatic ring is 1. The van der Waals surface area contributed by atoms with Crippen LogP contribution in [0.1, 0.15) is 16.8 Å². The summed E-state index contributed by atoms with van der Waals surface area (Å²) in [5.41, 5.74) is 11.8. The number of hydrogen-bond donors (Lipinski definition) is 2. The van der Waals surface area contributed by atoms with Crippen LogP contribution >= 0.6 is 0 Å². The Hall–Kier alpha value is -1.68. The molecule has 4 heteroatoms. The van der Waals surface area contributed by atoms with Gasteiger partial charge in [0.05, 0.1) is 6.04 Å². The second-order valence-electron chi connectivity index (χ2n) is 3.01. The highest BCUT2D eigenvalue weighted by Gasteiger charge is 2.12. The predicted molar refractivity (Wildman–Crippen MR) is 53.8 cm³/mol. The van der Waals surface area contributed by atoms with Gasteiger partial charge in [0.15, 0.2) is 5.78 Å². The monoisotopic (exact) mass is 192 g/mol. The van der Waals surface area contributed by atoms with E-state index in [1.807, 2.05) is 0 Å². The first-order chi connectivity index (χ1) is 6.65. The summed E-state index contributed by atoms with van der Waals surface area (Å²) in [6.45, 7) is 0. The summed E-state index contributed by atoms with van der Waals surface area (Å²) in [6.07, 6.45) is 0.550. The molecule has 1 aromatic carbocycles. The molecule has 1 atom stereocenters. The Bertz CT molecular complexity index is 350. The number of nitrogens with two attached hydrogens (primary N) is 2. The third kappa shape index (κ3) is 2.40. The maximum atomic E-state index is 11.5. The normalized spacial score (nSPS) is 12.1. The van der Waals surface area contributed by atoms with Crippen molar-refractivity contribution in [1.29, 1.82) is 0 Å². The zero-order valence-corrected chi connectivity index (χ0v) is 7.64. The van der Waals surface area contributed by atoms with Crippen LogP contribution in [-0.2, 0) is 4.79 Å². The summed E-state index contributed by atoms with van der Waals surface area (Å²) < 4.78 is 0. The van der Waals surface area contributed by atoms with Gasteiger partial charge in [-0.25, -0.2) is 0 Å². The number of para-hydroxylation sites is 1. The summed E-state index contributed by atoms with van der Waals surface area (Å²) >= 11 is 0. The molecule has 0 saturated heterocycles. The van der Waals surface area contributed by atoms with Crippen LogP contribution in [0.25, 0.3) is 0 Å². The van der Waals surface area contributed by atoms with Gasteiger partial charge in [-0.2, -0.15) is 0 Å². The zero-order valence-electron chi connectivity index (χ0n) is 7.64. The Morgan fingerprint density at radius 2 is 2.07 bits per heavy atom. The Morgan fingerprint density at radius 1 is 1.43 bits per heavy atom. The number of aldehydes is 1. The minimum absolute atomic E-state index is 0.00227. The first kappa shape index (κ1) is 10.4. The predicted octanol–water partition coefficient (Wildman–Crippen LogP) is 0.368. The molecule has 0 radical (unpaired) electrons. The van der Waals surface area contributed by atoms with Gasteiger partial charge in [-0.05, 0) is 12.1 Å². The number of carbonyl (C=O) groups excluding carboxylic acids is 2. The van der Waals surface area contributed by atoms with Gasteiger partial charge < -0.3 is 16.3 Å². The van der Waals surface area contributed by atoms with Gasteiger partial charge in [-0.15, -0.1) is 0 Å². The molecule has 4 N–H and O–H groups in total. The van der Waals surface area contributed by atoms with Crippen molar-refractivity contribution >= 4 is 17.8 Å². The molecule has 1 aromatic rings. The molecule has 0 aliphatic heterocycles.